The summed E-state index contributed by atoms with van der Waals surface area (Å²) < 4.78 is 1.89. The van der Waals surface area contributed by atoms with Crippen LogP contribution >= 0.6 is 0 Å². The molecule has 6 nitrogen and oxygen atoms in total. The number of nitrogens with zero attached hydrogens (tertiary/aromatic N) is 3. The Morgan fingerprint density at radius 3 is 2.31 bits per heavy atom. The molecule has 1 fully saturated rings. The summed E-state index contributed by atoms with van der Waals surface area (Å²) in [4.78, 5) is 30.1. The Bertz CT molecular complexity index is 362. The van der Waals surface area contributed by atoms with E-state index in [0.717, 1.165) is 11.6 Å². The van der Waals surface area contributed by atoms with E-state index in [9.17, 15) is 9.59 Å². The highest BCUT2D eigenvalue weighted by molar-refractivity contribution is 6.01. The second-order valence-corrected chi connectivity index (χ2v) is 4.30. The molecule has 16 heavy (non-hydrogen) atoms. The minimum absolute atomic E-state index is 0.245. The summed E-state index contributed by atoms with van der Waals surface area (Å²) in [5.41, 5.74) is 0. The number of carbonyl (C=O) groups excluding carboxylic acids is 2. The Morgan fingerprint density at radius 2 is 1.88 bits per heavy atom. The summed E-state index contributed by atoms with van der Waals surface area (Å²) in [5, 5.41) is 0.875. The zero-order chi connectivity index (χ0) is 11.9. The van der Waals surface area contributed by atoms with Crippen molar-refractivity contribution in [2.24, 2.45) is 0 Å². The molecular weight excluding hydrogens is 210 g/mol. The quantitative estimate of drug-likeness (QED) is 0.442. The lowest BCUT2D eigenvalue weighted by molar-refractivity contribution is -0.501. The molecule has 0 aromatic heterocycles. The summed E-state index contributed by atoms with van der Waals surface area (Å²) in [6.07, 6.45) is 0.490. The third-order valence-electron chi connectivity index (χ3n) is 3.01. The van der Waals surface area contributed by atoms with E-state index in [-0.39, 0.29) is 24.7 Å². The number of imide groups is 1. The van der Waals surface area contributed by atoms with Crippen molar-refractivity contribution in [3.8, 4) is 0 Å². The van der Waals surface area contributed by atoms with Gasteiger partial charge < -0.3 is 0 Å². The molecule has 2 amide bonds. The summed E-state index contributed by atoms with van der Waals surface area (Å²) >= 11 is 0. The minimum atomic E-state index is -0.265. The fraction of sp³-hybridized carbons (Fsp3) is 0.700. The fourth-order valence-corrected chi connectivity index (χ4v) is 1.93. The first-order valence-corrected chi connectivity index (χ1v) is 5.35. The predicted molar refractivity (Wildman–Crippen MR) is 55.5 cm³/mol. The van der Waals surface area contributed by atoms with Crippen LogP contribution in [0.1, 0.15) is 19.8 Å². The topological polar surface area (TPSA) is 52.9 Å². The van der Waals surface area contributed by atoms with Gasteiger partial charge in [0.15, 0.2) is 0 Å². The maximum Gasteiger partial charge on any atom is 0.471 e. The van der Waals surface area contributed by atoms with Crippen LogP contribution in [0.25, 0.3) is 0 Å². The molecule has 0 saturated carbocycles. The maximum atomic E-state index is 11.4. The molecule has 2 heterocycles. The van der Waals surface area contributed by atoms with Crippen molar-refractivity contribution in [2.75, 3.05) is 20.6 Å². The third-order valence-corrected chi connectivity index (χ3v) is 3.01. The number of carbonyl (C=O) groups is 2. The molecule has 0 bridgehead atoms. The number of amides is 2. The van der Waals surface area contributed by atoms with Crippen molar-refractivity contribution in [1.82, 2.24) is 9.96 Å². The molecule has 1 atom stereocenters. The van der Waals surface area contributed by atoms with Gasteiger partial charge in [-0.2, -0.15) is 0 Å². The summed E-state index contributed by atoms with van der Waals surface area (Å²) in [5.74, 6) is -0.530. The van der Waals surface area contributed by atoms with Gasteiger partial charge in [-0.1, -0.05) is 5.06 Å². The van der Waals surface area contributed by atoms with Crippen LogP contribution in [0.4, 0.5) is 0 Å². The Balaban J connectivity index is 2.13. The van der Waals surface area contributed by atoms with Gasteiger partial charge in [-0.15, -0.1) is 0 Å². The van der Waals surface area contributed by atoms with Crippen LogP contribution in [0.3, 0.4) is 0 Å². The van der Waals surface area contributed by atoms with E-state index in [1.807, 2.05) is 23.6 Å². The number of amidine groups is 1. The smallest absolute Gasteiger partial charge is 0.292 e. The van der Waals surface area contributed by atoms with E-state index in [1.165, 1.54) is 0 Å². The van der Waals surface area contributed by atoms with Gasteiger partial charge >= 0.3 is 6.02 Å². The standard InChI is InChI=1S/C10H16N3O3/c1-7-6-11(2)10(12(7)3)16-13-8(14)4-5-9(13)15/h7H,4-6H2,1-3H3/q+1. The van der Waals surface area contributed by atoms with Gasteiger partial charge in [-0.05, 0) is 6.92 Å². The number of rotatable bonds is 1. The van der Waals surface area contributed by atoms with E-state index in [4.69, 9.17) is 4.84 Å². The first kappa shape index (κ1) is 10.9. The van der Waals surface area contributed by atoms with Crippen LogP contribution in [0.15, 0.2) is 0 Å². The zero-order valence-electron chi connectivity index (χ0n) is 9.77. The first-order chi connectivity index (χ1) is 7.50. The second kappa shape index (κ2) is 3.77. The molecule has 0 aromatic carbocycles. The molecule has 1 unspecified atom stereocenters. The minimum Gasteiger partial charge on any atom is -0.292 e. The molecule has 2 aliphatic rings. The number of hydrogen-bond donors (Lipinski definition) is 0. The molecule has 1 saturated heterocycles. The van der Waals surface area contributed by atoms with Crippen LogP contribution in [0, 0.1) is 0 Å². The number of hydrogen-bond acceptors (Lipinski definition) is 4. The van der Waals surface area contributed by atoms with Crippen LogP contribution in [-0.4, -0.2) is 59.1 Å². The van der Waals surface area contributed by atoms with Gasteiger partial charge in [0.05, 0.1) is 14.1 Å². The second-order valence-electron chi connectivity index (χ2n) is 4.30. The first-order valence-electron chi connectivity index (χ1n) is 5.35. The molecule has 0 N–H and O–H groups in total. The van der Waals surface area contributed by atoms with Crippen molar-refractivity contribution < 1.29 is 19.0 Å². The Kier molecular flexibility index (Phi) is 2.57. The van der Waals surface area contributed by atoms with E-state index in [2.05, 4.69) is 6.92 Å². The Morgan fingerprint density at radius 1 is 1.31 bits per heavy atom. The lowest BCUT2D eigenvalue weighted by Gasteiger charge is -2.15. The fourth-order valence-electron chi connectivity index (χ4n) is 1.93. The van der Waals surface area contributed by atoms with E-state index in [0.29, 0.717) is 12.1 Å². The van der Waals surface area contributed by atoms with Gasteiger partial charge in [0.1, 0.15) is 12.6 Å². The predicted octanol–water partition coefficient (Wildman–Crippen LogP) is -0.601. The average Bonchev–Trinajstić information content (AvgIpc) is 2.65. The van der Waals surface area contributed by atoms with Gasteiger partial charge in [0.25, 0.3) is 11.8 Å². The van der Waals surface area contributed by atoms with Crippen LogP contribution in [0.2, 0.25) is 0 Å². The average molecular weight is 226 g/mol. The van der Waals surface area contributed by atoms with Crippen LogP contribution < -0.4 is 0 Å². The molecule has 0 aliphatic carbocycles. The molecule has 0 spiro atoms. The molecule has 6 heteroatoms. The Hall–Kier alpha value is -1.59. The van der Waals surface area contributed by atoms with Crippen LogP contribution in [0.5, 0.6) is 0 Å². The third kappa shape index (κ3) is 1.64. The highest BCUT2D eigenvalue weighted by Gasteiger charge is 2.40. The van der Waals surface area contributed by atoms with Crippen molar-refractivity contribution in [2.45, 2.75) is 25.8 Å². The summed E-state index contributed by atoms with van der Waals surface area (Å²) in [7, 11) is 3.76. The largest absolute Gasteiger partial charge is 0.471 e. The maximum absolute atomic E-state index is 11.4. The van der Waals surface area contributed by atoms with Crippen molar-refractivity contribution in [3.63, 3.8) is 0 Å². The molecule has 0 radical (unpaired) electrons. The monoisotopic (exact) mass is 226 g/mol. The molecule has 2 rings (SSSR count). The Labute approximate surface area is 94.0 Å². The molecule has 2 aliphatic heterocycles. The normalized spacial score (nSPS) is 26.1. The highest BCUT2D eigenvalue weighted by Crippen LogP contribution is 2.15. The molecule has 88 valence electrons. The summed E-state index contributed by atoms with van der Waals surface area (Å²) in [6.45, 7) is 2.88. The lowest BCUT2D eigenvalue weighted by atomic mass is 10.3. The van der Waals surface area contributed by atoms with E-state index < -0.39 is 0 Å². The number of hydroxylamine groups is 2. The van der Waals surface area contributed by atoms with Gasteiger partial charge in [-0.3, -0.25) is 14.4 Å². The highest BCUT2D eigenvalue weighted by atomic mass is 16.7. The van der Waals surface area contributed by atoms with Crippen molar-refractivity contribution in [3.05, 3.63) is 0 Å². The van der Waals surface area contributed by atoms with Crippen molar-refractivity contribution in [1.29, 1.82) is 0 Å². The van der Waals surface area contributed by atoms with E-state index in [1.54, 1.807) is 0 Å². The van der Waals surface area contributed by atoms with Gasteiger partial charge in [0, 0.05) is 12.8 Å². The molecular formula is C10H16N3O3+. The SMILES string of the molecule is CC1C[N+](C)=C(ON2C(=O)CCC2=O)N1C. The van der Waals surface area contributed by atoms with Crippen LogP contribution in [-0.2, 0) is 14.4 Å². The van der Waals surface area contributed by atoms with Gasteiger partial charge in [0.2, 0.25) is 0 Å². The lowest BCUT2D eigenvalue weighted by Crippen LogP contribution is -2.40. The van der Waals surface area contributed by atoms with Gasteiger partial charge in [-0.25, -0.2) is 9.48 Å². The van der Waals surface area contributed by atoms with E-state index >= 15 is 0 Å². The number of likely N-dealkylation sites (N-methyl/N-ethyl adjacent to an activating group) is 2. The zero-order valence-corrected chi connectivity index (χ0v) is 9.77. The molecule has 0 aromatic rings. The summed E-state index contributed by atoms with van der Waals surface area (Å²) in [6, 6.07) is 0.865. The van der Waals surface area contributed by atoms with Crippen molar-refractivity contribution >= 4 is 17.8 Å².